The summed E-state index contributed by atoms with van der Waals surface area (Å²) in [5.41, 5.74) is 1.59. The van der Waals surface area contributed by atoms with Gasteiger partial charge in [-0.05, 0) is 17.7 Å². The number of rotatable bonds is 3. The number of carbonyl (C=O) groups is 1. The fourth-order valence-corrected chi connectivity index (χ4v) is 3.01. The lowest BCUT2D eigenvalue weighted by atomic mass is 10.1. The maximum absolute atomic E-state index is 12.4. The second-order valence-electron chi connectivity index (χ2n) is 6.03. The predicted octanol–water partition coefficient (Wildman–Crippen LogP) is 0.502. The van der Waals surface area contributed by atoms with Crippen molar-refractivity contribution in [2.75, 3.05) is 33.0 Å². The molecule has 4 rings (SSSR count). The molecule has 2 aliphatic heterocycles. The first-order valence-corrected chi connectivity index (χ1v) is 7.95. The van der Waals surface area contributed by atoms with E-state index in [1.165, 1.54) is 5.56 Å². The summed E-state index contributed by atoms with van der Waals surface area (Å²) in [5.74, 6) is 1.56. The van der Waals surface area contributed by atoms with Gasteiger partial charge in [0.05, 0.1) is 6.20 Å². The molecule has 0 aliphatic carbocycles. The van der Waals surface area contributed by atoms with E-state index in [1.807, 2.05) is 17.0 Å². The van der Waals surface area contributed by atoms with E-state index in [9.17, 15) is 4.79 Å². The maximum Gasteiger partial charge on any atom is 0.276 e. The van der Waals surface area contributed by atoms with E-state index in [4.69, 9.17) is 9.47 Å². The van der Waals surface area contributed by atoms with Gasteiger partial charge in [-0.2, -0.15) is 0 Å². The zero-order valence-corrected chi connectivity index (χ0v) is 13.5. The fourth-order valence-electron chi connectivity index (χ4n) is 3.01. The van der Waals surface area contributed by atoms with E-state index in [0.29, 0.717) is 25.6 Å². The van der Waals surface area contributed by atoms with Crippen molar-refractivity contribution in [3.63, 3.8) is 0 Å². The van der Waals surface area contributed by atoms with Crippen molar-refractivity contribution in [2.24, 2.45) is 7.05 Å². The van der Waals surface area contributed by atoms with Gasteiger partial charge in [-0.3, -0.25) is 14.4 Å². The van der Waals surface area contributed by atoms with Crippen molar-refractivity contribution in [2.45, 2.75) is 6.54 Å². The third kappa shape index (κ3) is 2.92. The van der Waals surface area contributed by atoms with Crippen LogP contribution in [0.4, 0.5) is 0 Å². The maximum atomic E-state index is 12.4. The third-order valence-electron chi connectivity index (χ3n) is 4.32. The second-order valence-corrected chi connectivity index (χ2v) is 6.03. The van der Waals surface area contributed by atoms with Gasteiger partial charge in [0.1, 0.15) is 0 Å². The van der Waals surface area contributed by atoms with Gasteiger partial charge in [-0.15, -0.1) is 5.10 Å². The summed E-state index contributed by atoms with van der Waals surface area (Å²) in [6, 6.07) is 6.04. The fraction of sp³-hybridized carbons (Fsp3) is 0.438. The van der Waals surface area contributed by atoms with E-state index >= 15 is 0 Å². The molecule has 2 aromatic rings. The zero-order valence-electron chi connectivity index (χ0n) is 13.5. The number of nitrogens with zero attached hydrogens (tertiary/aromatic N) is 5. The summed E-state index contributed by atoms with van der Waals surface area (Å²) in [4.78, 5) is 16.5. The molecule has 0 saturated carbocycles. The van der Waals surface area contributed by atoms with Crippen LogP contribution in [0.1, 0.15) is 16.1 Å². The van der Waals surface area contributed by atoms with Crippen molar-refractivity contribution in [1.82, 2.24) is 24.8 Å². The van der Waals surface area contributed by atoms with Crippen LogP contribution in [0.3, 0.4) is 0 Å². The van der Waals surface area contributed by atoms with Gasteiger partial charge < -0.3 is 14.4 Å². The molecule has 1 amide bonds. The molecule has 8 heteroatoms. The van der Waals surface area contributed by atoms with Gasteiger partial charge in [0.15, 0.2) is 17.2 Å². The van der Waals surface area contributed by atoms with Crippen molar-refractivity contribution in [3.8, 4) is 11.5 Å². The average molecular weight is 329 g/mol. The minimum atomic E-state index is -0.0502. The minimum absolute atomic E-state index is 0.0502. The Labute approximate surface area is 139 Å². The lowest BCUT2D eigenvalue weighted by Gasteiger charge is -2.34. The summed E-state index contributed by atoms with van der Waals surface area (Å²) in [5, 5.41) is 7.71. The SMILES string of the molecule is Cn1cc(C(=O)N2CCN(Cc3ccc4c(c3)OCO4)CC2)nn1. The van der Waals surface area contributed by atoms with Crippen molar-refractivity contribution in [3.05, 3.63) is 35.7 Å². The van der Waals surface area contributed by atoms with Gasteiger partial charge in [0, 0.05) is 39.8 Å². The number of ether oxygens (including phenoxy) is 2. The predicted molar refractivity (Wildman–Crippen MR) is 84.7 cm³/mol. The molecule has 0 atom stereocenters. The highest BCUT2D eigenvalue weighted by Crippen LogP contribution is 2.32. The van der Waals surface area contributed by atoms with Crippen LogP contribution in [0.15, 0.2) is 24.4 Å². The largest absolute Gasteiger partial charge is 0.454 e. The first kappa shape index (κ1) is 14.9. The highest BCUT2D eigenvalue weighted by Gasteiger charge is 2.24. The molecule has 3 heterocycles. The van der Waals surface area contributed by atoms with Crippen LogP contribution in [0.5, 0.6) is 11.5 Å². The van der Waals surface area contributed by atoms with E-state index in [1.54, 1.807) is 17.9 Å². The number of carbonyl (C=O) groups excluding carboxylic acids is 1. The van der Waals surface area contributed by atoms with E-state index < -0.39 is 0 Å². The van der Waals surface area contributed by atoms with E-state index in [-0.39, 0.29) is 5.91 Å². The Bertz CT molecular complexity index is 752. The number of hydrogen-bond donors (Lipinski definition) is 0. The lowest BCUT2D eigenvalue weighted by molar-refractivity contribution is 0.0622. The van der Waals surface area contributed by atoms with Crippen LogP contribution < -0.4 is 9.47 Å². The summed E-state index contributed by atoms with van der Waals surface area (Å²) in [6.07, 6.45) is 1.65. The second kappa shape index (κ2) is 6.12. The molecule has 126 valence electrons. The minimum Gasteiger partial charge on any atom is -0.454 e. The smallest absolute Gasteiger partial charge is 0.276 e. The van der Waals surface area contributed by atoms with Crippen LogP contribution in [0.25, 0.3) is 0 Å². The van der Waals surface area contributed by atoms with Crippen LogP contribution in [-0.4, -0.2) is 63.7 Å². The number of amides is 1. The molecule has 0 radical (unpaired) electrons. The van der Waals surface area contributed by atoms with Gasteiger partial charge >= 0.3 is 0 Å². The van der Waals surface area contributed by atoms with E-state index in [0.717, 1.165) is 31.1 Å². The molecule has 0 unspecified atom stereocenters. The Morgan fingerprint density at radius 1 is 1.17 bits per heavy atom. The topological polar surface area (TPSA) is 72.7 Å². The van der Waals surface area contributed by atoms with Crippen LogP contribution >= 0.6 is 0 Å². The van der Waals surface area contributed by atoms with Crippen LogP contribution in [0.2, 0.25) is 0 Å². The van der Waals surface area contributed by atoms with Crippen molar-refractivity contribution < 1.29 is 14.3 Å². The highest BCUT2D eigenvalue weighted by molar-refractivity contribution is 5.92. The number of benzene rings is 1. The molecular formula is C16H19N5O3. The molecular weight excluding hydrogens is 310 g/mol. The number of hydrogen-bond acceptors (Lipinski definition) is 6. The lowest BCUT2D eigenvalue weighted by Crippen LogP contribution is -2.48. The van der Waals surface area contributed by atoms with Gasteiger partial charge in [0.25, 0.3) is 5.91 Å². The molecule has 8 nitrogen and oxygen atoms in total. The Morgan fingerprint density at radius 2 is 1.96 bits per heavy atom. The molecule has 1 aromatic carbocycles. The summed E-state index contributed by atoms with van der Waals surface area (Å²) < 4.78 is 12.3. The molecule has 0 bridgehead atoms. The molecule has 1 fully saturated rings. The molecule has 2 aliphatic rings. The van der Waals surface area contributed by atoms with Crippen LogP contribution in [-0.2, 0) is 13.6 Å². The number of piperazine rings is 1. The zero-order chi connectivity index (χ0) is 16.5. The molecule has 1 aromatic heterocycles. The Hall–Kier alpha value is -2.61. The monoisotopic (exact) mass is 329 g/mol. The quantitative estimate of drug-likeness (QED) is 0.817. The normalized spacial score (nSPS) is 17.3. The van der Waals surface area contributed by atoms with Gasteiger partial charge in [-0.1, -0.05) is 11.3 Å². The first-order valence-electron chi connectivity index (χ1n) is 7.95. The number of aromatic nitrogens is 3. The molecule has 0 N–H and O–H groups in total. The van der Waals surface area contributed by atoms with Crippen LogP contribution in [0, 0.1) is 0 Å². The summed E-state index contributed by atoms with van der Waals surface area (Å²) in [7, 11) is 1.76. The average Bonchev–Trinajstić information content (AvgIpc) is 3.23. The van der Waals surface area contributed by atoms with E-state index in [2.05, 4.69) is 21.3 Å². The number of fused-ring (bicyclic) bond motifs is 1. The third-order valence-corrected chi connectivity index (χ3v) is 4.32. The summed E-state index contributed by atoms with van der Waals surface area (Å²) in [6.45, 7) is 4.19. The molecule has 0 spiro atoms. The standard InChI is InChI=1S/C16H19N5O3/c1-19-10-13(17-18-19)16(22)21-6-4-20(5-7-21)9-12-2-3-14-15(8-12)24-11-23-14/h2-3,8,10H,4-7,9,11H2,1H3. The Kier molecular flexibility index (Phi) is 3.81. The Morgan fingerprint density at radius 3 is 2.71 bits per heavy atom. The molecule has 24 heavy (non-hydrogen) atoms. The van der Waals surface area contributed by atoms with Crippen molar-refractivity contribution in [1.29, 1.82) is 0 Å². The first-order chi connectivity index (χ1) is 11.7. The molecule has 1 saturated heterocycles. The summed E-state index contributed by atoms with van der Waals surface area (Å²) >= 11 is 0. The van der Waals surface area contributed by atoms with Gasteiger partial charge in [-0.25, -0.2) is 0 Å². The Balaban J connectivity index is 1.34. The highest BCUT2D eigenvalue weighted by atomic mass is 16.7. The van der Waals surface area contributed by atoms with Crippen molar-refractivity contribution >= 4 is 5.91 Å². The number of aryl methyl sites for hydroxylation is 1. The van der Waals surface area contributed by atoms with Gasteiger partial charge in [0.2, 0.25) is 6.79 Å².